The molecule has 7 nitrogen and oxygen atoms in total. The van der Waals surface area contributed by atoms with E-state index in [0.717, 1.165) is 17.7 Å². The van der Waals surface area contributed by atoms with Crippen molar-refractivity contribution in [1.82, 2.24) is 10.6 Å². The number of methoxy groups -OCH3 is 1. The summed E-state index contributed by atoms with van der Waals surface area (Å²) in [5.74, 6) is -5.08. The molecule has 2 aliphatic rings. The zero-order chi connectivity index (χ0) is 33.3. The second-order valence-electron chi connectivity index (χ2n) is 11.1. The molecule has 3 aromatic carbocycles. The van der Waals surface area contributed by atoms with Gasteiger partial charge in [-0.1, -0.05) is 30.4 Å². The SMILES string of the molecule is C=C/C=C1\C2CCC1[C@H](C(=O)Nc1ccc(F)c(C(F)(F)F)c1)[C@@H]2NC(=O)c1cc(-c2cc(C(=O)NC)ccc2F)ccc1OC. The lowest BCUT2D eigenvalue weighted by atomic mass is 9.83. The van der Waals surface area contributed by atoms with Crippen molar-refractivity contribution in [2.24, 2.45) is 17.8 Å². The molecular weight excluding hydrogens is 609 g/mol. The molecule has 5 rings (SSSR count). The van der Waals surface area contributed by atoms with Crippen LogP contribution in [0.4, 0.5) is 27.6 Å². The van der Waals surface area contributed by atoms with Crippen LogP contribution in [0.15, 0.2) is 78.9 Å². The number of halogens is 5. The molecule has 4 atom stereocenters. The molecule has 0 radical (unpaired) electrons. The molecule has 0 saturated heterocycles. The van der Waals surface area contributed by atoms with Crippen molar-refractivity contribution in [2.45, 2.75) is 25.1 Å². The summed E-state index contributed by atoms with van der Waals surface area (Å²) in [6.45, 7) is 3.75. The third-order valence-electron chi connectivity index (χ3n) is 8.56. The Hall–Kier alpha value is -5.00. The van der Waals surface area contributed by atoms with Crippen molar-refractivity contribution in [3.8, 4) is 16.9 Å². The number of ether oxygens (including phenoxy) is 1. The van der Waals surface area contributed by atoms with Gasteiger partial charge in [-0.3, -0.25) is 14.4 Å². The van der Waals surface area contributed by atoms with E-state index in [0.29, 0.717) is 30.5 Å². The summed E-state index contributed by atoms with van der Waals surface area (Å²) < 4.78 is 74.1. The number of hydrogen-bond donors (Lipinski definition) is 3. The fourth-order valence-corrected chi connectivity index (χ4v) is 6.52. The van der Waals surface area contributed by atoms with Gasteiger partial charge in [-0.15, -0.1) is 0 Å². The highest BCUT2D eigenvalue weighted by Gasteiger charge is 2.54. The number of rotatable bonds is 8. The van der Waals surface area contributed by atoms with E-state index in [1.54, 1.807) is 12.2 Å². The van der Waals surface area contributed by atoms with Gasteiger partial charge < -0.3 is 20.7 Å². The number of carbonyl (C=O) groups is 3. The quantitative estimate of drug-likeness (QED) is 0.245. The summed E-state index contributed by atoms with van der Waals surface area (Å²) in [6, 6.07) is 9.72. The monoisotopic (exact) mass is 639 g/mol. The van der Waals surface area contributed by atoms with Gasteiger partial charge in [-0.05, 0) is 72.9 Å². The van der Waals surface area contributed by atoms with Gasteiger partial charge >= 0.3 is 6.18 Å². The average Bonchev–Trinajstić information content (AvgIpc) is 3.55. The van der Waals surface area contributed by atoms with E-state index >= 15 is 0 Å². The van der Waals surface area contributed by atoms with E-state index in [2.05, 4.69) is 22.5 Å². The second-order valence-corrected chi connectivity index (χ2v) is 11.1. The molecule has 2 unspecified atom stereocenters. The minimum atomic E-state index is -4.96. The standard InChI is InChI=1S/C34H30F5N3O4/c1-4-5-20-21-9-10-22(20)30(29(21)33(45)41-19-8-12-27(36)25(16-19)34(37,38)39)42-32(44)24-14-17(7-13-28(24)46-3)23-15-18(31(43)40-2)6-11-26(23)35/h4-8,11-16,21-22,29-30H,1,9-10H2,2-3H3,(H,40,43)(H,41,45)(H,42,44)/b20-5-/t21?,22?,29-,30+/m0/s1. The Bertz CT molecular complexity index is 1750. The van der Waals surface area contributed by atoms with Gasteiger partial charge in [0.1, 0.15) is 17.4 Å². The number of benzene rings is 3. The Morgan fingerprint density at radius 1 is 0.935 bits per heavy atom. The van der Waals surface area contributed by atoms with E-state index in [1.165, 1.54) is 44.5 Å². The fourth-order valence-electron chi connectivity index (χ4n) is 6.52. The van der Waals surface area contributed by atoms with E-state index in [-0.39, 0.29) is 40.0 Å². The Morgan fingerprint density at radius 3 is 2.33 bits per heavy atom. The largest absolute Gasteiger partial charge is 0.496 e. The first-order valence-electron chi connectivity index (χ1n) is 14.4. The molecule has 2 saturated carbocycles. The van der Waals surface area contributed by atoms with Crippen molar-refractivity contribution < 1.29 is 41.1 Å². The van der Waals surface area contributed by atoms with E-state index in [4.69, 9.17) is 4.74 Å². The van der Waals surface area contributed by atoms with Crippen LogP contribution in [0.25, 0.3) is 11.1 Å². The lowest BCUT2D eigenvalue weighted by Gasteiger charge is -2.30. The van der Waals surface area contributed by atoms with Gasteiger partial charge in [0.05, 0.1) is 24.2 Å². The lowest BCUT2D eigenvalue weighted by Crippen LogP contribution is -2.48. The van der Waals surface area contributed by atoms with Crippen LogP contribution in [0.5, 0.6) is 5.75 Å². The molecule has 12 heteroatoms. The first-order valence-corrected chi connectivity index (χ1v) is 14.4. The summed E-state index contributed by atoms with van der Waals surface area (Å²) in [4.78, 5) is 39.7. The molecule has 2 bridgehead atoms. The van der Waals surface area contributed by atoms with Crippen LogP contribution < -0.4 is 20.7 Å². The maximum Gasteiger partial charge on any atom is 0.419 e. The second kappa shape index (κ2) is 12.8. The number of allylic oxidation sites excluding steroid dienone is 2. The summed E-state index contributed by atoms with van der Waals surface area (Å²) in [6.07, 6.45) is -0.372. The molecule has 0 aliphatic heterocycles. The Morgan fingerprint density at radius 2 is 1.65 bits per heavy atom. The number of amides is 3. The normalized spacial score (nSPS) is 21.2. The maximum atomic E-state index is 14.9. The van der Waals surface area contributed by atoms with Crippen LogP contribution in [0.2, 0.25) is 0 Å². The van der Waals surface area contributed by atoms with E-state index in [1.807, 2.05) is 0 Å². The first-order chi connectivity index (χ1) is 21.9. The average molecular weight is 640 g/mol. The van der Waals surface area contributed by atoms with Gasteiger partial charge in [0, 0.05) is 35.8 Å². The topological polar surface area (TPSA) is 96.5 Å². The molecule has 0 spiro atoms. The lowest BCUT2D eigenvalue weighted by molar-refractivity contribution is -0.140. The first kappa shape index (κ1) is 32.4. The Balaban J connectivity index is 1.47. The number of anilines is 1. The van der Waals surface area contributed by atoms with Crippen LogP contribution >= 0.6 is 0 Å². The number of carbonyl (C=O) groups excluding carboxylic acids is 3. The van der Waals surface area contributed by atoms with Crippen molar-refractivity contribution >= 4 is 23.4 Å². The molecule has 46 heavy (non-hydrogen) atoms. The highest BCUT2D eigenvalue weighted by Crippen LogP contribution is 2.53. The van der Waals surface area contributed by atoms with Gasteiger partial charge in [0.15, 0.2) is 0 Å². The zero-order valence-corrected chi connectivity index (χ0v) is 24.8. The fraction of sp³-hybridized carbons (Fsp3) is 0.265. The van der Waals surface area contributed by atoms with Crippen LogP contribution in [-0.4, -0.2) is 37.9 Å². The minimum Gasteiger partial charge on any atom is -0.496 e. The van der Waals surface area contributed by atoms with Gasteiger partial charge in [0.2, 0.25) is 5.91 Å². The highest BCUT2D eigenvalue weighted by atomic mass is 19.4. The summed E-state index contributed by atoms with van der Waals surface area (Å²) >= 11 is 0. The molecule has 0 heterocycles. The van der Waals surface area contributed by atoms with Crippen LogP contribution in [0.3, 0.4) is 0 Å². The van der Waals surface area contributed by atoms with Gasteiger partial charge in [0.25, 0.3) is 11.8 Å². The molecule has 2 aliphatic carbocycles. The summed E-state index contributed by atoms with van der Waals surface area (Å²) in [7, 11) is 2.80. The predicted octanol–water partition coefficient (Wildman–Crippen LogP) is 6.52. The van der Waals surface area contributed by atoms with Crippen molar-refractivity contribution in [3.05, 3.63) is 107 Å². The van der Waals surface area contributed by atoms with E-state index < -0.39 is 53.1 Å². The third-order valence-corrected chi connectivity index (χ3v) is 8.56. The third kappa shape index (κ3) is 6.11. The molecule has 3 amide bonds. The van der Waals surface area contributed by atoms with Crippen LogP contribution in [0, 0.1) is 29.4 Å². The van der Waals surface area contributed by atoms with Crippen LogP contribution in [-0.2, 0) is 11.0 Å². The minimum absolute atomic E-state index is 0.0364. The van der Waals surface area contributed by atoms with Crippen LogP contribution in [0.1, 0.15) is 39.1 Å². The molecular formula is C34H30F5N3O4. The predicted molar refractivity (Wildman–Crippen MR) is 161 cm³/mol. The summed E-state index contributed by atoms with van der Waals surface area (Å²) in [5, 5.41) is 7.89. The number of nitrogens with one attached hydrogen (secondary N) is 3. The molecule has 0 aromatic heterocycles. The van der Waals surface area contributed by atoms with E-state index in [9.17, 15) is 36.3 Å². The number of alkyl halides is 3. The summed E-state index contributed by atoms with van der Waals surface area (Å²) in [5.41, 5.74) is -0.264. The van der Waals surface area contributed by atoms with Crippen molar-refractivity contribution in [3.63, 3.8) is 0 Å². The van der Waals surface area contributed by atoms with Gasteiger partial charge in [-0.25, -0.2) is 8.78 Å². The number of hydrogen-bond acceptors (Lipinski definition) is 4. The smallest absolute Gasteiger partial charge is 0.419 e. The number of fused-ring (bicyclic) bond motifs is 2. The maximum absolute atomic E-state index is 14.9. The molecule has 3 N–H and O–H groups in total. The highest BCUT2D eigenvalue weighted by molar-refractivity contribution is 6.00. The molecule has 2 fully saturated rings. The molecule has 240 valence electrons. The van der Waals surface area contributed by atoms with Crippen molar-refractivity contribution in [1.29, 1.82) is 0 Å². The van der Waals surface area contributed by atoms with Crippen molar-refractivity contribution in [2.75, 3.05) is 19.5 Å². The Kier molecular flexibility index (Phi) is 9.00. The van der Waals surface area contributed by atoms with Gasteiger partial charge in [-0.2, -0.15) is 13.2 Å². The molecule has 3 aromatic rings. The Labute approximate surface area is 261 Å². The zero-order valence-electron chi connectivity index (χ0n) is 24.8.